The molecule has 2 aromatic heterocycles. The van der Waals surface area contributed by atoms with Crippen LogP contribution in [0.3, 0.4) is 0 Å². The highest BCUT2D eigenvalue weighted by atomic mass is 35.5. The Labute approximate surface area is 178 Å². The van der Waals surface area contributed by atoms with Crippen molar-refractivity contribution < 1.29 is 17.6 Å². The summed E-state index contributed by atoms with van der Waals surface area (Å²) < 4.78 is 52.6. The van der Waals surface area contributed by atoms with Crippen molar-refractivity contribution in [3.8, 4) is 0 Å². The Balaban J connectivity index is 1.83. The van der Waals surface area contributed by atoms with Gasteiger partial charge in [0.1, 0.15) is 27.9 Å². The van der Waals surface area contributed by atoms with Crippen LogP contribution in [0.1, 0.15) is 29.4 Å². The first kappa shape index (κ1) is 21.0. The highest BCUT2D eigenvalue weighted by Gasteiger charge is 2.46. The van der Waals surface area contributed by atoms with E-state index in [1.165, 1.54) is 36.4 Å². The Morgan fingerprint density at radius 2 is 1.71 bits per heavy atom. The molecule has 0 spiro atoms. The SMILES string of the molecule is C[C@@H]1N=C(c2ccc(Cl)c(=O)[nH]2)N[C@@]1(c1ccc(F)cc1)c1ccc(C(F)(F)F)nc1. The van der Waals surface area contributed by atoms with Crippen molar-refractivity contribution in [1.29, 1.82) is 0 Å². The van der Waals surface area contributed by atoms with Crippen LogP contribution in [0.5, 0.6) is 0 Å². The molecule has 4 rings (SSSR count). The van der Waals surface area contributed by atoms with Gasteiger partial charge in [-0.05, 0) is 42.8 Å². The molecule has 1 aliphatic heterocycles. The van der Waals surface area contributed by atoms with Gasteiger partial charge in [-0.25, -0.2) is 4.39 Å². The number of aromatic amines is 1. The van der Waals surface area contributed by atoms with E-state index in [9.17, 15) is 22.4 Å². The molecule has 10 heteroatoms. The summed E-state index contributed by atoms with van der Waals surface area (Å²) in [7, 11) is 0. The van der Waals surface area contributed by atoms with Crippen LogP contribution in [-0.4, -0.2) is 21.8 Å². The lowest BCUT2D eigenvalue weighted by molar-refractivity contribution is -0.141. The lowest BCUT2D eigenvalue weighted by Gasteiger charge is -2.34. The van der Waals surface area contributed by atoms with Gasteiger partial charge in [0, 0.05) is 11.8 Å². The molecule has 0 amide bonds. The first-order valence-electron chi connectivity index (χ1n) is 9.16. The van der Waals surface area contributed by atoms with E-state index in [-0.39, 0.29) is 5.02 Å². The normalized spacial score (nSPS) is 21.0. The second-order valence-corrected chi connectivity index (χ2v) is 7.48. The number of amidine groups is 1. The Morgan fingerprint density at radius 1 is 1.03 bits per heavy atom. The highest BCUT2D eigenvalue weighted by Crippen LogP contribution is 2.39. The molecule has 3 aromatic rings. The molecule has 1 aliphatic rings. The molecule has 0 aliphatic carbocycles. The number of hydrogen-bond acceptors (Lipinski definition) is 4. The van der Waals surface area contributed by atoms with Crippen molar-refractivity contribution in [2.24, 2.45) is 4.99 Å². The van der Waals surface area contributed by atoms with Crippen LogP contribution in [0.25, 0.3) is 0 Å². The molecule has 5 nitrogen and oxygen atoms in total. The van der Waals surface area contributed by atoms with Crippen LogP contribution in [0.4, 0.5) is 17.6 Å². The molecule has 1 aromatic carbocycles. The summed E-state index contributed by atoms with van der Waals surface area (Å²) in [6.45, 7) is 1.76. The summed E-state index contributed by atoms with van der Waals surface area (Å²) >= 11 is 5.79. The van der Waals surface area contributed by atoms with Gasteiger partial charge in [-0.2, -0.15) is 13.2 Å². The van der Waals surface area contributed by atoms with E-state index in [0.717, 1.165) is 12.3 Å². The molecule has 0 saturated heterocycles. The Bertz CT molecular complexity index is 1210. The van der Waals surface area contributed by atoms with E-state index < -0.39 is 34.8 Å². The number of pyridine rings is 2. The fraction of sp³-hybridized carbons (Fsp3) is 0.190. The zero-order valence-corrected chi connectivity index (χ0v) is 16.7. The third-order valence-electron chi connectivity index (χ3n) is 5.19. The van der Waals surface area contributed by atoms with Crippen molar-refractivity contribution in [1.82, 2.24) is 15.3 Å². The molecule has 0 fully saturated rings. The molecule has 2 atom stereocenters. The number of hydrogen-bond donors (Lipinski definition) is 2. The van der Waals surface area contributed by atoms with E-state index in [1.807, 2.05) is 0 Å². The third kappa shape index (κ3) is 3.69. The van der Waals surface area contributed by atoms with Crippen LogP contribution < -0.4 is 10.9 Å². The lowest BCUT2D eigenvalue weighted by Crippen LogP contribution is -2.48. The highest BCUT2D eigenvalue weighted by molar-refractivity contribution is 6.30. The average molecular weight is 451 g/mol. The molecule has 2 N–H and O–H groups in total. The molecular formula is C21H15ClF4N4O. The van der Waals surface area contributed by atoms with E-state index in [0.29, 0.717) is 22.7 Å². The molecule has 0 saturated carbocycles. The summed E-state index contributed by atoms with van der Waals surface area (Å²) in [6, 6.07) is 10.2. The van der Waals surface area contributed by atoms with Gasteiger partial charge in [0.25, 0.3) is 5.56 Å². The minimum Gasteiger partial charge on any atom is -0.353 e. The Morgan fingerprint density at radius 3 is 2.29 bits per heavy atom. The molecule has 160 valence electrons. The minimum absolute atomic E-state index is 0.00660. The number of halogens is 5. The number of rotatable bonds is 3. The zero-order valence-electron chi connectivity index (χ0n) is 16.0. The number of benzene rings is 1. The van der Waals surface area contributed by atoms with Crippen molar-refractivity contribution in [2.75, 3.05) is 0 Å². The Hall–Kier alpha value is -3.20. The second kappa shape index (κ2) is 7.49. The van der Waals surface area contributed by atoms with Gasteiger partial charge < -0.3 is 10.3 Å². The topological polar surface area (TPSA) is 70.1 Å². The van der Waals surface area contributed by atoms with Crippen molar-refractivity contribution in [2.45, 2.75) is 24.7 Å². The van der Waals surface area contributed by atoms with Gasteiger partial charge in [0.15, 0.2) is 0 Å². The number of alkyl halides is 3. The van der Waals surface area contributed by atoms with Gasteiger partial charge in [-0.3, -0.25) is 14.8 Å². The maximum absolute atomic E-state index is 13.6. The number of nitrogens with one attached hydrogen (secondary N) is 2. The maximum Gasteiger partial charge on any atom is 0.433 e. The monoisotopic (exact) mass is 450 g/mol. The van der Waals surface area contributed by atoms with Gasteiger partial charge in [-0.15, -0.1) is 0 Å². The molecular weight excluding hydrogens is 436 g/mol. The summed E-state index contributed by atoms with van der Waals surface area (Å²) in [5.74, 6) is -0.149. The fourth-order valence-electron chi connectivity index (χ4n) is 3.65. The van der Waals surface area contributed by atoms with Gasteiger partial charge in [-0.1, -0.05) is 29.8 Å². The summed E-state index contributed by atoms with van der Waals surface area (Å²) in [4.78, 5) is 22.7. The number of H-pyrrole nitrogens is 1. The van der Waals surface area contributed by atoms with E-state index in [1.54, 1.807) is 13.0 Å². The van der Waals surface area contributed by atoms with Crippen molar-refractivity contribution >= 4 is 17.4 Å². The average Bonchev–Trinajstić information content (AvgIpc) is 3.08. The molecule has 0 radical (unpaired) electrons. The number of nitrogens with zero attached hydrogens (tertiary/aromatic N) is 2. The van der Waals surface area contributed by atoms with E-state index in [4.69, 9.17) is 11.6 Å². The van der Waals surface area contributed by atoms with Gasteiger partial charge in [0.2, 0.25) is 0 Å². The van der Waals surface area contributed by atoms with Crippen LogP contribution in [0.15, 0.2) is 64.5 Å². The first-order valence-corrected chi connectivity index (χ1v) is 9.54. The predicted octanol–water partition coefficient (Wildman–Crippen LogP) is 4.26. The maximum atomic E-state index is 13.6. The van der Waals surface area contributed by atoms with Crippen LogP contribution in [0, 0.1) is 5.82 Å². The van der Waals surface area contributed by atoms with E-state index in [2.05, 4.69) is 20.3 Å². The second-order valence-electron chi connectivity index (χ2n) is 7.07. The van der Waals surface area contributed by atoms with Crippen LogP contribution in [-0.2, 0) is 11.7 Å². The fourth-order valence-corrected chi connectivity index (χ4v) is 3.76. The summed E-state index contributed by atoms with van der Waals surface area (Å²) in [5.41, 5.74) is -1.36. The Kier molecular flexibility index (Phi) is 5.09. The largest absolute Gasteiger partial charge is 0.433 e. The van der Waals surface area contributed by atoms with Crippen molar-refractivity contribution in [3.63, 3.8) is 0 Å². The molecule has 31 heavy (non-hydrogen) atoms. The molecule has 0 unspecified atom stereocenters. The lowest BCUT2D eigenvalue weighted by atomic mass is 9.79. The minimum atomic E-state index is -4.58. The quantitative estimate of drug-likeness (QED) is 0.586. The van der Waals surface area contributed by atoms with Gasteiger partial charge >= 0.3 is 6.18 Å². The van der Waals surface area contributed by atoms with E-state index >= 15 is 0 Å². The number of aromatic nitrogens is 2. The third-order valence-corrected chi connectivity index (χ3v) is 5.49. The standard InChI is InChI=1S/C21H15ClF4N4O/c1-11-20(12-2-5-14(23)6-3-12,13-4-9-17(27-10-13)21(24,25)26)30-18(28-11)16-8-7-15(22)19(31)29-16/h2-11H,1H3,(H,28,30)(H,29,31)/t11-,20-/m0/s1. The molecule has 0 bridgehead atoms. The summed E-state index contributed by atoms with van der Waals surface area (Å²) in [5, 5.41) is 3.23. The zero-order chi connectivity index (χ0) is 22.4. The summed E-state index contributed by atoms with van der Waals surface area (Å²) in [6.07, 6.45) is -3.46. The number of aliphatic imine (C=N–C) groups is 1. The van der Waals surface area contributed by atoms with Crippen LogP contribution in [0.2, 0.25) is 5.02 Å². The van der Waals surface area contributed by atoms with Crippen molar-refractivity contribution in [3.05, 3.63) is 98.4 Å². The predicted molar refractivity (Wildman–Crippen MR) is 108 cm³/mol. The molecule has 3 heterocycles. The van der Waals surface area contributed by atoms with Crippen LogP contribution >= 0.6 is 11.6 Å². The first-order chi connectivity index (χ1) is 14.6. The van der Waals surface area contributed by atoms with Gasteiger partial charge in [0.05, 0.1) is 11.7 Å². The smallest absolute Gasteiger partial charge is 0.353 e.